The Morgan fingerprint density at radius 2 is 1.85 bits per heavy atom. The van der Waals surface area contributed by atoms with Crippen LogP contribution in [0.15, 0.2) is 54.6 Å². The van der Waals surface area contributed by atoms with E-state index in [9.17, 15) is 13.2 Å². The van der Waals surface area contributed by atoms with Crippen molar-refractivity contribution in [1.82, 2.24) is 5.32 Å². The molecule has 0 fully saturated rings. The lowest BCUT2D eigenvalue weighted by molar-refractivity contribution is -0.118. The van der Waals surface area contributed by atoms with Gasteiger partial charge >= 0.3 is 0 Å². The highest BCUT2D eigenvalue weighted by molar-refractivity contribution is 7.92. The standard InChI is InChI=1S/C20H25NO4S/c1-17-7-5-11-19(15-17)25-13-12-21-20(22)16-26(23,24)14-6-10-18-8-3-2-4-9-18/h2-5,7-9,11,15H,6,10,12-14,16H2,1H3,(H,21,22). The van der Waals surface area contributed by atoms with E-state index in [0.29, 0.717) is 19.4 Å². The number of sulfone groups is 1. The summed E-state index contributed by atoms with van der Waals surface area (Å²) in [5.74, 6) is -0.230. The largest absolute Gasteiger partial charge is 0.492 e. The van der Waals surface area contributed by atoms with E-state index in [2.05, 4.69) is 5.32 Å². The third-order valence-corrected chi connectivity index (χ3v) is 5.41. The Morgan fingerprint density at radius 3 is 2.58 bits per heavy atom. The average molecular weight is 375 g/mol. The summed E-state index contributed by atoms with van der Waals surface area (Å²) in [5, 5.41) is 2.59. The van der Waals surface area contributed by atoms with E-state index < -0.39 is 21.5 Å². The van der Waals surface area contributed by atoms with Crippen molar-refractivity contribution in [2.24, 2.45) is 0 Å². The van der Waals surface area contributed by atoms with Crippen molar-refractivity contribution >= 4 is 15.7 Å². The van der Waals surface area contributed by atoms with Crippen LogP contribution < -0.4 is 10.1 Å². The number of nitrogens with one attached hydrogen (secondary N) is 1. The molecule has 0 heterocycles. The maximum atomic E-state index is 12.0. The van der Waals surface area contributed by atoms with Gasteiger partial charge in [0.25, 0.3) is 0 Å². The van der Waals surface area contributed by atoms with Crippen LogP contribution in [0.1, 0.15) is 17.5 Å². The maximum Gasteiger partial charge on any atom is 0.235 e. The zero-order chi connectivity index (χ0) is 18.8. The molecule has 0 aliphatic rings. The molecule has 6 heteroatoms. The van der Waals surface area contributed by atoms with Gasteiger partial charge in [-0.3, -0.25) is 4.79 Å². The molecule has 0 aliphatic heterocycles. The van der Waals surface area contributed by atoms with Crippen molar-refractivity contribution < 1.29 is 17.9 Å². The fourth-order valence-electron chi connectivity index (χ4n) is 2.53. The molecule has 5 nitrogen and oxygen atoms in total. The minimum atomic E-state index is -3.40. The molecule has 140 valence electrons. The summed E-state index contributed by atoms with van der Waals surface area (Å²) in [7, 11) is -3.40. The number of hydrogen-bond donors (Lipinski definition) is 1. The Hall–Kier alpha value is -2.34. The minimum Gasteiger partial charge on any atom is -0.492 e. The number of amides is 1. The SMILES string of the molecule is Cc1cccc(OCCNC(=O)CS(=O)(=O)CCCc2ccccc2)c1. The number of aryl methyl sites for hydroxylation is 2. The molecule has 0 bridgehead atoms. The molecule has 0 aromatic heterocycles. The maximum absolute atomic E-state index is 12.0. The summed E-state index contributed by atoms with van der Waals surface area (Å²) in [5.41, 5.74) is 2.19. The normalized spacial score (nSPS) is 11.1. The van der Waals surface area contributed by atoms with E-state index in [1.807, 2.05) is 61.5 Å². The number of benzene rings is 2. The van der Waals surface area contributed by atoms with Gasteiger partial charge in [-0.2, -0.15) is 0 Å². The van der Waals surface area contributed by atoms with E-state index in [1.165, 1.54) is 0 Å². The molecule has 1 amide bonds. The quantitative estimate of drug-likeness (QED) is 0.648. The van der Waals surface area contributed by atoms with Gasteiger partial charge in [-0.05, 0) is 43.0 Å². The highest BCUT2D eigenvalue weighted by Gasteiger charge is 2.16. The molecule has 0 saturated carbocycles. The minimum absolute atomic E-state index is 0.00903. The molecule has 26 heavy (non-hydrogen) atoms. The summed E-state index contributed by atoms with van der Waals surface area (Å²) in [6.07, 6.45) is 1.20. The van der Waals surface area contributed by atoms with Crippen LogP contribution in [0.2, 0.25) is 0 Å². The first kappa shape index (κ1) is 20.0. The monoisotopic (exact) mass is 375 g/mol. The van der Waals surface area contributed by atoms with E-state index in [-0.39, 0.29) is 12.3 Å². The summed E-state index contributed by atoms with van der Waals surface area (Å²) in [6.45, 7) is 2.53. The predicted octanol–water partition coefficient (Wildman–Crippen LogP) is 2.54. The highest BCUT2D eigenvalue weighted by atomic mass is 32.2. The Morgan fingerprint density at radius 1 is 1.08 bits per heavy atom. The van der Waals surface area contributed by atoms with Gasteiger partial charge in [0.2, 0.25) is 5.91 Å². The first-order chi connectivity index (χ1) is 12.4. The number of carbonyl (C=O) groups excluding carboxylic acids is 1. The van der Waals surface area contributed by atoms with Crippen molar-refractivity contribution in [3.8, 4) is 5.75 Å². The molecule has 2 rings (SSSR count). The lowest BCUT2D eigenvalue weighted by Crippen LogP contribution is -2.34. The zero-order valence-corrected chi connectivity index (χ0v) is 15.8. The second kappa shape index (κ2) is 9.97. The third-order valence-electron chi connectivity index (χ3n) is 3.80. The molecule has 0 spiro atoms. The van der Waals surface area contributed by atoms with Gasteiger partial charge in [-0.25, -0.2) is 8.42 Å². The molecule has 2 aromatic carbocycles. The van der Waals surface area contributed by atoms with Crippen molar-refractivity contribution in [1.29, 1.82) is 0 Å². The molecule has 2 aromatic rings. The lowest BCUT2D eigenvalue weighted by Gasteiger charge is -2.09. The molecule has 0 radical (unpaired) electrons. The van der Waals surface area contributed by atoms with Gasteiger partial charge in [0.05, 0.1) is 12.3 Å². The van der Waals surface area contributed by atoms with Gasteiger partial charge in [0.15, 0.2) is 9.84 Å². The van der Waals surface area contributed by atoms with E-state index in [1.54, 1.807) is 0 Å². The van der Waals surface area contributed by atoms with Gasteiger partial charge in [0, 0.05) is 0 Å². The first-order valence-electron chi connectivity index (χ1n) is 8.65. The van der Waals surface area contributed by atoms with Crippen LogP contribution in [-0.4, -0.2) is 39.0 Å². The van der Waals surface area contributed by atoms with Crippen molar-refractivity contribution in [3.63, 3.8) is 0 Å². The number of ether oxygens (including phenoxy) is 1. The van der Waals surface area contributed by atoms with Crippen molar-refractivity contribution in [2.45, 2.75) is 19.8 Å². The molecular weight excluding hydrogens is 350 g/mol. The smallest absolute Gasteiger partial charge is 0.235 e. The summed E-state index contributed by atoms with van der Waals surface area (Å²) >= 11 is 0. The third kappa shape index (κ3) is 7.70. The number of rotatable bonds is 10. The molecule has 0 unspecified atom stereocenters. The Kier molecular flexibility index (Phi) is 7.66. The number of hydrogen-bond acceptors (Lipinski definition) is 4. The van der Waals surface area contributed by atoms with Crippen LogP contribution in [0.4, 0.5) is 0 Å². The molecule has 0 atom stereocenters. The van der Waals surface area contributed by atoms with E-state index in [4.69, 9.17) is 4.74 Å². The van der Waals surface area contributed by atoms with Crippen LogP contribution in [-0.2, 0) is 21.1 Å². The predicted molar refractivity (Wildman–Crippen MR) is 103 cm³/mol. The van der Waals surface area contributed by atoms with Crippen LogP contribution in [0.25, 0.3) is 0 Å². The Balaban J connectivity index is 1.64. The second-order valence-corrected chi connectivity index (χ2v) is 8.38. The van der Waals surface area contributed by atoms with E-state index in [0.717, 1.165) is 16.9 Å². The van der Waals surface area contributed by atoms with Gasteiger partial charge in [-0.1, -0.05) is 42.5 Å². The van der Waals surface area contributed by atoms with Crippen LogP contribution in [0.3, 0.4) is 0 Å². The van der Waals surface area contributed by atoms with Crippen molar-refractivity contribution in [3.05, 3.63) is 65.7 Å². The lowest BCUT2D eigenvalue weighted by atomic mass is 10.1. The molecule has 0 aliphatic carbocycles. The fourth-order valence-corrected chi connectivity index (χ4v) is 3.76. The average Bonchev–Trinajstić information content (AvgIpc) is 2.59. The molecular formula is C20H25NO4S. The zero-order valence-electron chi connectivity index (χ0n) is 15.0. The van der Waals surface area contributed by atoms with Crippen LogP contribution in [0, 0.1) is 6.92 Å². The van der Waals surface area contributed by atoms with Gasteiger partial charge < -0.3 is 10.1 Å². The topological polar surface area (TPSA) is 72.5 Å². The Labute approximate surface area is 155 Å². The first-order valence-corrected chi connectivity index (χ1v) is 10.5. The van der Waals surface area contributed by atoms with Crippen molar-refractivity contribution in [2.75, 3.05) is 24.7 Å². The summed E-state index contributed by atoms with van der Waals surface area (Å²) in [4.78, 5) is 11.8. The number of carbonyl (C=O) groups is 1. The summed E-state index contributed by atoms with van der Waals surface area (Å²) < 4.78 is 29.6. The molecule has 0 saturated heterocycles. The van der Waals surface area contributed by atoms with Crippen LogP contribution in [0.5, 0.6) is 5.75 Å². The van der Waals surface area contributed by atoms with Crippen LogP contribution >= 0.6 is 0 Å². The molecule has 1 N–H and O–H groups in total. The highest BCUT2D eigenvalue weighted by Crippen LogP contribution is 2.11. The fraction of sp³-hybridized carbons (Fsp3) is 0.350. The van der Waals surface area contributed by atoms with Gasteiger partial charge in [0.1, 0.15) is 18.1 Å². The van der Waals surface area contributed by atoms with E-state index >= 15 is 0 Å². The Bertz CT molecular complexity index is 804. The summed E-state index contributed by atoms with van der Waals surface area (Å²) in [6, 6.07) is 17.3. The van der Waals surface area contributed by atoms with Gasteiger partial charge in [-0.15, -0.1) is 0 Å². The second-order valence-electron chi connectivity index (χ2n) is 6.20.